The van der Waals surface area contributed by atoms with E-state index in [1.165, 1.54) is 0 Å². The van der Waals surface area contributed by atoms with E-state index in [0.717, 1.165) is 24.2 Å². The molecule has 166 valence electrons. The zero-order valence-corrected chi connectivity index (χ0v) is 20.0. The standard InChI is InChI=1S/C23H37BN2O4/c1-16-14-25(15-17(2)26(16)20(27)28-21(3,4)5)19-12-10-18(11-13-19)24-29-22(6,7)23(8,9)30-24/h10-13,16-17H,14-15H2,1-9H3/t16-,17+. The smallest absolute Gasteiger partial charge is 0.444 e. The molecular formula is C23H37BN2O4. The number of amides is 1. The predicted octanol–water partition coefficient (Wildman–Crippen LogP) is 3.82. The molecule has 2 saturated heterocycles. The number of benzene rings is 1. The number of anilines is 1. The third-order valence-corrected chi connectivity index (χ3v) is 6.31. The minimum atomic E-state index is -0.489. The molecule has 0 N–H and O–H groups in total. The number of carbonyl (C=O) groups excluding carboxylic acids is 1. The van der Waals surface area contributed by atoms with Crippen LogP contribution in [0.2, 0.25) is 0 Å². The fraction of sp³-hybridized carbons (Fsp3) is 0.696. The lowest BCUT2D eigenvalue weighted by atomic mass is 9.79. The van der Waals surface area contributed by atoms with E-state index in [-0.39, 0.29) is 36.5 Å². The lowest BCUT2D eigenvalue weighted by Gasteiger charge is -2.45. The first-order valence-electron chi connectivity index (χ1n) is 10.9. The first-order chi connectivity index (χ1) is 13.7. The van der Waals surface area contributed by atoms with Crippen LogP contribution < -0.4 is 10.4 Å². The summed E-state index contributed by atoms with van der Waals surface area (Å²) >= 11 is 0. The van der Waals surface area contributed by atoms with E-state index in [2.05, 4.69) is 70.7 Å². The summed E-state index contributed by atoms with van der Waals surface area (Å²) in [5.74, 6) is 0. The third kappa shape index (κ3) is 4.62. The van der Waals surface area contributed by atoms with Gasteiger partial charge in [0.1, 0.15) is 5.60 Å². The second-order valence-electron chi connectivity index (χ2n) is 10.7. The molecule has 7 heteroatoms. The topological polar surface area (TPSA) is 51.2 Å². The van der Waals surface area contributed by atoms with Crippen LogP contribution in [0, 0.1) is 0 Å². The van der Waals surface area contributed by atoms with Crippen molar-refractivity contribution in [2.24, 2.45) is 0 Å². The van der Waals surface area contributed by atoms with E-state index in [9.17, 15) is 4.79 Å². The molecule has 2 heterocycles. The summed E-state index contributed by atoms with van der Waals surface area (Å²) < 4.78 is 17.9. The number of rotatable bonds is 2. The van der Waals surface area contributed by atoms with Crippen molar-refractivity contribution in [1.82, 2.24) is 4.90 Å². The average Bonchev–Trinajstić information content (AvgIpc) is 2.80. The van der Waals surface area contributed by atoms with Crippen LogP contribution in [0.5, 0.6) is 0 Å². The van der Waals surface area contributed by atoms with Crippen molar-refractivity contribution < 1.29 is 18.8 Å². The summed E-state index contributed by atoms with van der Waals surface area (Å²) in [5.41, 5.74) is 0.971. The Morgan fingerprint density at radius 2 is 1.47 bits per heavy atom. The van der Waals surface area contributed by atoms with Gasteiger partial charge in [-0.3, -0.25) is 4.90 Å². The number of piperazine rings is 1. The molecule has 0 aromatic heterocycles. The van der Waals surface area contributed by atoms with Crippen LogP contribution in [0.1, 0.15) is 62.3 Å². The summed E-state index contributed by atoms with van der Waals surface area (Å²) in [7, 11) is -0.356. The van der Waals surface area contributed by atoms with E-state index < -0.39 is 5.60 Å². The summed E-state index contributed by atoms with van der Waals surface area (Å²) in [4.78, 5) is 16.8. The normalized spacial score (nSPS) is 26.1. The quantitative estimate of drug-likeness (QED) is 0.687. The molecule has 0 spiro atoms. The van der Waals surface area contributed by atoms with Gasteiger partial charge in [0.15, 0.2) is 0 Å². The first-order valence-corrected chi connectivity index (χ1v) is 10.9. The molecule has 6 nitrogen and oxygen atoms in total. The van der Waals surface area contributed by atoms with Crippen molar-refractivity contribution in [2.45, 2.75) is 91.2 Å². The van der Waals surface area contributed by atoms with Gasteiger partial charge in [0.05, 0.1) is 23.3 Å². The zero-order valence-electron chi connectivity index (χ0n) is 20.0. The molecular weight excluding hydrogens is 379 g/mol. The van der Waals surface area contributed by atoms with Gasteiger partial charge in [0.2, 0.25) is 0 Å². The van der Waals surface area contributed by atoms with Gasteiger partial charge in [-0.2, -0.15) is 0 Å². The number of ether oxygens (including phenoxy) is 1. The highest BCUT2D eigenvalue weighted by molar-refractivity contribution is 6.62. The highest BCUT2D eigenvalue weighted by atomic mass is 16.7. The van der Waals surface area contributed by atoms with Gasteiger partial charge in [0, 0.05) is 18.8 Å². The largest absolute Gasteiger partial charge is 0.494 e. The van der Waals surface area contributed by atoms with Crippen LogP contribution >= 0.6 is 0 Å². The predicted molar refractivity (Wildman–Crippen MR) is 121 cm³/mol. The van der Waals surface area contributed by atoms with Crippen molar-refractivity contribution in [3.63, 3.8) is 0 Å². The van der Waals surface area contributed by atoms with E-state index >= 15 is 0 Å². The summed E-state index contributed by atoms with van der Waals surface area (Å²) in [6.07, 6.45) is -0.238. The number of nitrogens with zero attached hydrogens (tertiary/aromatic N) is 2. The minimum Gasteiger partial charge on any atom is -0.444 e. The molecule has 1 aromatic rings. The first kappa shape index (κ1) is 22.9. The Morgan fingerprint density at radius 3 is 1.90 bits per heavy atom. The van der Waals surface area contributed by atoms with Gasteiger partial charge in [-0.1, -0.05) is 12.1 Å². The van der Waals surface area contributed by atoms with E-state index in [1.54, 1.807) is 0 Å². The van der Waals surface area contributed by atoms with Crippen molar-refractivity contribution in [3.05, 3.63) is 24.3 Å². The Bertz CT molecular complexity index is 744. The van der Waals surface area contributed by atoms with Gasteiger partial charge < -0.3 is 18.9 Å². The number of hydrogen-bond donors (Lipinski definition) is 0. The maximum atomic E-state index is 12.6. The Balaban J connectivity index is 1.68. The van der Waals surface area contributed by atoms with Gasteiger partial charge in [0.25, 0.3) is 0 Å². The van der Waals surface area contributed by atoms with Crippen molar-refractivity contribution in [1.29, 1.82) is 0 Å². The Kier molecular flexibility index (Phi) is 5.93. The molecule has 2 aliphatic heterocycles. The summed E-state index contributed by atoms with van der Waals surface area (Å²) in [6, 6.07) is 8.50. The highest BCUT2D eigenvalue weighted by Crippen LogP contribution is 2.36. The molecule has 2 fully saturated rings. The molecule has 3 rings (SSSR count). The lowest BCUT2D eigenvalue weighted by Crippen LogP contribution is -2.59. The van der Waals surface area contributed by atoms with Crippen LogP contribution in [0.3, 0.4) is 0 Å². The molecule has 0 radical (unpaired) electrons. The zero-order chi connectivity index (χ0) is 22.5. The molecule has 2 aliphatic rings. The summed E-state index contributed by atoms with van der Waals surface area (Å²) in [5, 5.41) is 0. The Labute approximate surface area is 182 Å². The highest BCUT2D eigenvalue weighted by Gasteiger charge is 2.51. The van der Waals surface area contributed by atoms with Crippen LogP contribution in [0.4, 0.5) is 10.5 Å². The Morgan fingerprint density at radius 1 is 1.00 bits per heavy atom. The molecule has 2 atom stereocenters. The maximum Gasteiger partial charge on any atom is 0.494 e. The van der Waals surface area contributed by atoms with Gasteiger partial charge >= 0.3 is 13.2 Å². The third-order valence-electron chi connectivity index (χ3n) is 6.31. The fourth-order valence-electron chi connectivity index (χ4n) is 4.03. The molecule has 1 amide bonds. The van der Waals surface area contributed by atoms with Crippen LogP contribution in [0.15, 0.2) is 24.3 Å². The second kappa shape index (κ2) is 7.76. The molecule has 0 bridgehead atoms. The molecule has 0 unspecified atom stereocenters. The minimum absolute atomic E-state index is 0.0615. The molecule has 0 aliphatic carbocycles. The number of carbonyl (C=O) groups is 1. The molecule has 30 heavy (non-hydrogen) atoms. The van der Waals surface area contributed by atoms with E-state index in [4.69, 9.17) is 14.0 Å². The van der Waals surface area contributed by atoms with Crippen LogP contribution in [0.25, 0.3) is 0 Å². The van der Waals surface area contributed by atoms with Crippen LogP contribution in [-0.4, -0.2) is 60.1 Å². The van der Waals surface area contributed by atoms with Gasteiger partial charge in [-0.25, -0.2) is 4.79 Å². The molecule has 1 aromatic carbocycles. The van der Waals surface area contributed by atoms with Crippen molar-refractivity contribution in [2.75, 3.05) is 18.0 Å². The monoisotopic (exact) mass is 416 g/mol. The van der Waals surface area contributed by atoms with E-state index in [0.29, 0.717) is 0 Å². The average molecular weight is 416 g/mol. The number of hydrogen-bond acceptors (Lipinski definition) is 5. The Hall–Kier alpha value is -1.73. The van der Waals surface area contributed by atoms with Crippen molar-refractivity contribution in [3.8, 4) is 0 Å². The summed E-state index contributed by atoms with van der Waals surface area (Å²) in [6.45, 7) is 19.6. The van der Waals surface area contributed by atoms with Gasteiger partial charge in [-0.05, 0) is 79.9 Å². The second-order valence-corrected chi connectivity index (χ2v) is 10.7. The van der Waals surface area contributed by atoms with E-state index in [1.807, 2.05) is 25.7 Å². The van der Waals surface area contributed by atoms with Crippen molar-refractivity contribution >= 4 is 24.4 Å². The fourth-order valence-corrected chi connectivity index (χ4v) is 4.03. The molecule has 0 saturated carbocycles. The van der Waals surface area contributed by atoms with Crippen LogP contribution in [-0.2, 0) is 14.0 Å². The lowest BCUT2D eigenvalue weighted by molar-refractivity contribution is 0.00566. The van der Waals surface area contributed by atoms with Gasteiger partial charge in [-0.15, -0.1) is 0 Å². The maximum absolute atomic E-state index is 12.6. The SMILES string of the molecule is C[C@@H]1CN(c2ccc(B3OC(C)(C)C(C)(C)O3)cc2)C[C@H](C)N1C(=O)OC(C)(C)C.